The molecule has 9 rings (SSSR count). The Labute approximate surface area is 343 Å². The number of hydrogen-bond donors (Lipinski definition) is 3. The van der Waals surface area contributed by atoms with E-state index in [9.17, 15) is 33.0 Å². The van der Waals surface area contributed by atoms with Gasteiger partial charge in [0.05, 0.1) is 51.7 Å². The number of rotatable bonds is 10. The van der Waals surface area contributed by atoms with Crippen molar-refractivity contribution in [2.75, 3.05) is 33.2 Å². The molecular weight excluding hydrogens is 762 g/mol. The Morgan fingerprint density at radius 1 is 0.847 bits per heavy atom. The van der Waals surface area contributed by atoms with E-state index in [0.717, 1.165) is 18.6 Å². The number of Topliss-reactive ketones (excluding diaryl/α,β-unsaturated/α-hetero) is 1. The summed E-state index contributed by atoms with van der Waals surface area (Å²) in [5, 5.41) is 27.3. The number of fused-ring (bicyclic) bond motifs is 1. The summed E-state index contributed by atoms with van der Waals surface area (Å²) in [5.74, 6) is 0.911. The first-order valence-corrected chi connectivity index (χ1v) is 20.4. The number of anilines is 1. The van der Waals surface area contributed by atoms with Gasteiger partial charge in [-0.15, -0.1) is 0 Å². The lowest BCUT2D eigenvalue weighted by Crippen LogP contribution is -2.67. The molecule has 59 heavy (non-hydrogen) atoms. The number of nitrogens with one attached hydrogen (secondary N) is 1. The number of amides is 2. The lowest BCUT2D eigenvalue weighted by molar-refractivity contribution is -0.174. The Balaban J connectivity index is 1.20. The van der Waals surface area contributed by atoms with Gasteiger partial charge in [-0.3, -0.25) is 4.79 Å². The molecule has 0 aromatic heterocycles. The molecule has 2 amide bonds. The van der Waals surface area contributed by atoms with Crippen LogP contribution in [-0.4, -0.2) is 66.5 Å². The van der Waals surface area contributed by atoms with Crippen molar-refractivity contribution in [3.8, 4) is 17.2 Å². The standard InChI is InChI=1S/C47H53F3N2O7/c1-42-18-15-33(53)25-44(42)21-22-46(36(26-44)40(54)29-7-6-8-31(23-29)47(48,49)50)38(42)16-19-43(2)39(46)17-20-45(43,56)28-52(27-30-9-12-35(58-4)24-37(30)59-5)41(55)51-32-10-13-34(57-3)14-11-32/h6-14,21-24,26,33,38-39,53,56H,15-20,25,27-28H2,1-5H3,(H,51,55). The molecule has 6 aliphatic rings. The van der Waals surface area contributed by atoms with E-state index >= 15 is 0 Å². The summed E-state index contributed by atoms with van der Waals surface area (Å²) >= 11 is 0. The summed E-state index contributed by atoms with van der Waals surface area (Å²) in [7, 11) is 4.67. The largest absolute Gasteiger partial charge is 0.497 e. The maximum absolute atomic E-state index is 14.9. The van der Waals surface area contributed by atoms with Crippen LogP contribution >= 0.6 is 0 Å². The van der Waals surface area contributed by atoms with Crippen molar-refractivity contribution in [1.29, 1.82) is 0 Å². The van der Waals surface area contributed by atoms with Crippen LogP contribution in [0.1, 0.15) is 80.3 Å². The van der Waals surface area contributed by atoms with Crippen molar-refractivity contribution in [3.63, 3.8) is 0 Å². The van der Waals surface area contributed by atoms with E-state index in [4.69, 9.17) is 14.2 Å². The third kappa shape index (κ3) is 6.35. The first-order valence-electron chi connectivity index (χ1n) is 20.4. The molecule has 0 saturated heterocycles. The van der Waals surface area contributed by atoms with Crippen LogP contribution in [0.5, 0.6) is 17.2 Å². The van der Waals surface area contributed by atoms with Crippen LogP contribution in [0.4, 0.5) is 23.7 Å². The average molecular weight is 815 g/mol. The third-order valence-corrected chi connectivity index (χ3v) is 15.3. The summed E-state index contributed by atoms with van der Waals surface area (Å²) in [6.45, 7) is 4.36. The van der Waals surface area contributed by atoms with Crippen molar-refractivity contribution >= 4 is 17.5 Å². The molecule has 0 heterocycles. The van der Waals surface area contributed by atoms with Gasteiger partial charge >= 0.3 is 12.2 Å². The molecule has 3 aromatic carbocycles. The van der Waals surface area contributed by atoms with Gasteiger partial charge in [-0.1, -0.05) is 44.2 Å². The molecular formula is C47H53F3N2O7. The number of aliphatic hydroxyl groups is 2. The first-order chi connectivity index (χ1) is 28.0. The van der Waals surface area contributed by atoms with Gasteiger partial charge in [0.2, 0.25) is 0 Å². The number of nitrogens with zero attached hydrogens (tertiary/aromatic N) is 1. The molecule has 2 spiro atoms. The Morgan fingerprint density at radius 2 is 1.53 bits per heavy atom. The number of urea groups is 1. The number of ketones is 1. The minimum Gasteiger partial charge on any atom is -0.497 e. The fraction of sp³-hybridized carbons (Fsp3) is 0.489. The second-order valence-corrected chi connectivity index (χ2v) is 17.9. The number of aliphatic hydroxyl groups excluding tert-OH is 1. The maximum atomic E-state index is 14.9. The predicted octanol–water partition coefficient (Wildman–Crippen LogP) is 9.24. The van der Waals surface area contributed by atoms with E-state index in [1.165, 1.54) is 12.1 Å². The highest BCUT2D eigenvalue weighted by Crippen LogP contribution is 2.78. The number of ether oxygens (including phenoxy) is 3. The quantitative estimate of drug-likeness (QED) is 0.138. The number of allylic oxidation sites excluding steroid dienone is 4. The van der Waals surface area contributed by atoms with Crippen molar-refractivity contribution in [3.05, 3.63) is 107 Å². The number of carbonyl (C=O) groups is 2. The topological polar surface area (TPSA) is 118 Å². The van der Waals surface area contributed by atoms with Crippen LogP contribution in [0.25, 0.3) is 0 Å². The summed E-state index contributed by atoms with van der Waals surface area (Å²) in [6, 6.07) is 16.5. The van der Waals surface area contributed by atoms with Gasteiger partial charge in [0.1, 0.15) is 17.2 Å². The number of carbonyl (C=O) groups excluding carboxylic acids is 2. The number of halogens is 3. The molecule has 8 atom stereocenters. The van der Waals surface area contributed by atoms with Gasteiger partial charge < -0.3 is 34.6 Å². The van der Waals surface area contributed by atoms with E-state index in [1.54, 1.807) is 62.6 Å². The van der Waals surface area contributed by atoms with Gasteiger partial charge in [0.15, 0.2) is 5.78 Å². The van der Waals surface area contributed by atoms with Crippen LogP contribution in [0.15, 0.2) is 90.5 Å². The molecule has 12 heteroatoms. The molecule has 3 saturated carbocycles. The van der Waals surface area contributed by atoms with Crippen LogP contribution in [0, 0.1) is 33.5 Å². The summed E-state index contributed by atoms with van der Waals surface area (Å²) in [4.78, 5) is 30.9. The minimum absolute atomic E-state index is 0.0371. The Kier molecular flexibility index (Phi) is 10.0. The van der Waals surface area contributed by atoms with Crippen LogP contribution in [0.3, 0.4) is 0 Å². The highest BCUT2D eigenvalue weighted by atomic mass is 19.4. The zero-order chi connectivity index (χ0) is 42.2. The van der Waals surface area contributed by atoms with Gasteiger partial charge in [-0.25, -0.2) is 4.79 Å². The zero-order valence-electron chi connectivity index (χ0n) is 34.2. The van der Waals surface area contributed by atoms with Crippen molar-refractivity contribution in [2.24, 2.45) is 33.5 Å². The van der Waals surface area contributed by atoms with Gasteiger partial charge in [0.25, 0.3) is 0 Å². The van der Waals surface area contributed by atoms with Gasteiger partial charge in [0, 0.05) is 44.7 Å². The highest BCUT2D eigenvalue weighted by molar-refractivity contribution is 6.10. The molecule has 0 aliphatic heterocycles. The molecule has 6 aliphatic carbocycles. The summed E-state index contributed by atoms with van der Waals surface area (Å²) < 4.78 is 58.5. The molecule has 2 bridgehead atoms. The fourth-order valence-corrected chi connectivity index (χ4v) is 12.2. The van der Waals surface area contributed by atoms with Crippen LogP contribution < -0.4 is 19.5 Å². The van der Waals surface area contributed by atoms with Crippen molar-refractivity contribution in [1.82, 2.24) is 4.90 Å². The molecule has 3 aromatic rings. The van der Waals surface area contributed by atoms with Crippen LogP contribution in [0.2, 0.25) is 0 Å². The van der Waals surface area contributed by atoms with E-state index < -0.39 is 51.5 Å². The molecule has 314 valence electrons. The third-order valence-electron chi connectivity index (χ3n) is 15.3. The molecule has 8 unspecified atom stereocenters. The predicted molar refractivity (Wildman–Crippen MR) is 216 cm³/mol. The average Bonchev–Trinajstić information content (AvgIpc) is 3.49. The Hall–Kier alpha value is -4.81. The molecule has 9 nitrogen and oxygen atoms in total. The number of methoxy groups -OCH3 is 3. The monoisotopic (exact) mass is 814 g/mol. The summed E-state index contributed by atoms with van der Waals surface area (Å²) in [6.07, 6.45) is 4.92. The van der Waals surface area contributed by atoms with Crippen molar-refractivity contribution in [2.45, 2.75) is 83.2 Å². The van der Waals surface area contributed by atoms with Gasteiger partial charge in [-0.05, 0) is 111 Å². The van der Waals surface area contributed by atoms with E-state index in [0.29, 0.717) is 72.6 Å². The first kappa shape index (κ1) is 40.9. The van der Waals surface area contributed by atoms with E-state index in [-0.39, 0.29) is 35.9 Å². The second-order valence-electron chi connectivity index (χ2n) is 17.9. The van der Waals surface area contributed by atoms with Gasteiger partial charge in [-0.2, -0.15) is 13.2 Å². The fourth-order valence-electron chi connectivity index (χ4n) is 12.2. The lowest BCUT2D eigenvalue weighted by atomic mass is 9.32. The summed E-state index contributed by atoms with van der Waals surface area (Å²) in [5.41, 5.74) is -3.39. The maximum Gasteiger partial charge on any atom is 0.416 e. The normalized spacial score (nSPS) is 32.9. The minimum atomic E-state index is -4.63. The molecule has 0 radical (unpaired) electrons. The highest BCUT2D eigenvalue weighted by Gasteiger charge is 2.74. The number of benzene rings is 3. The van der Waals surface area contributed by atoms with E-state index in [1.807, 2.05) is 12.1 Å². The number of hydrogen-bond acceptors (Lipinski definition) is 7. The van der Waals surface area contributed by atoms with Crippen molar-refractivity contribution < 1.29 is 47.2 Å². The molecule has 3 fully saturated rings. The SMILES string of the molecule is COc1ccc(NC(=O)N(Cc2ccc(OC)cc2OC)CC2(O)CCC3C45C=CC6(C=C4C(=O)c4cccc(C(F)(F)F)c4)CC(O)CCC6(C)C5CCC32C)cc1. The smallest absolute Gasteiger partial charge is 0.416 e. The number of alkyl halides is 3. The van der Waals surface area contributed by atoms with Crippen LogP contribution in [-0.2, 0) is 12.7 Å². The Bertz CT molecular complexity index is 2210. The lowest BCUT2D eigenvalue weighted by Gasteiger charge is -2.71. The molecule has 3 N–H and O–H groups in total. The Morgan fingerprint density at radius 3 is 2.22 bits per heavy atom. The van der Waals surface area contributed by atoms with E-state index in [2.05, 4.69) is 31.3 Å². The second kappa shape index (κ2) is 14.4. The zero-order valence-corrected chi connectivity index (χ0v) is 34.2.